The van der Waals surface area contributed by atoms with E-state index in [9.17, 15) is 18.0 Å². The Balaban J connectivity index is 1.77. The Morgan fingerprint density at radius 3 is 2.67 bits per heavy atom. The summed E-state index contributed by atoms with van der Waals surface area (Å²) in [6.07, 6.45) is -4.57. The molecule has 5 nitrogen and oxygen atoms in total. The SMILES string of the molecule is Cn1c(SCc2cc(=O)oc3ccc4ccccc4c23)nnc1C(F)(F)F. The molecular weight excluding hydrogens is 379 g/mol. The molecule has 0 unspecified atom stereocenters. The summed E-state index contributed by atoms with van der Waals surface area (Å²) >= 11 is 1.08. The Morgan fingerprint density at radius 1 is 1.15 bits per heavy atom. The van der Waals surface area contributed by atoms with Crippen LogP contribution in [-0.4, -0.2) is 14.8 Å². The summed E-state index contributed by atoms with van der Waals surface area (Å²) in [7, 11) is 1.26. The van der Waals surface area contributed by atoms with Gasteiger partial charge in [0.05, 0.1) is 0 Å². The number of benzene rings is 2. The van der Waals surface area contributed by atoms with E-state index in [-0.39, 0.29) is 10.9 Å². The van der Waals surface area contributed by atoms with Gasteiger partial charge in [-0.15, -0.1) is 10.2 Å². The van der Waals surface area contributed by atoms with Crippen molar-refractivity contribution < 1.29 is 17.6 Å². The molecule has 0 bridgehead atoms. The molecule has 9 heteroatoms. The molecule has 138 valence electrons. The molecular formula is C18H12F3N3O2S. The zero-order valence-electron chi connectivity index (χ0n) is 13.9. The van der Waals surface area contributed by atoms with Gasteiger partial charge in [0.15, 0.2) is 5.16 Å². The van der Waals surface area contributed by atoms with E-state index >= 15 is 0 Å². The molecule has 2 aromatic carbocycles. The first-order valence-electron chi connectivity index (χ1n) is 7.88. The number of fused-ring (bicyclic) bond motifs is 3. The average molecular weight is 391 g/mol. The van der Waals surface area contributed by atoms with Gasteiger partial charge in [-0.1, -0.05) is 42.1 Å². The van der Waals surface area contributed by atoms with E-state index in [1.807, 2.05) is 30.3 Å². The van der Waals surface area contributed by atoms with Crippen LogP contribution in [0.1, 0.15) is 11.4 Å². The van der Waals surface area contributed by atoms with Gasteiger partial charge in [0.2, 0.25) is 5.82 Å². The van der Waals surface area contributed by atoms with Crippen molar-refractivity contribution in [3.05, 3.63) is 64.3 Å². The highest BCUT2D eigenvalue weighted by molar-refractivity contribution is 7.98. The summed E-state index contributed by atoms with van der Waals surface area (Å²) in [5, 5.41) is 9.59. The van der Waals surface area contributed by atoms with Crippen molar-refractivity contribution in [1.29, 1.82) is 0 Å². The number of halogens is 3. The normalized spacial score (nSPS) is 12.1. The lowest BCUT2D eigenvalue weighted by Crippen LogP contribution is -2.13. The van der Waals surface area contributed by atoms with E-state index < -0.39 is 17.6 Å². The van der Waals surface area contributed by atoms with Gasteiger partial charge in [0.1, 0.15) is 5.58 Å². The Kier molecular flexibility index (Phi) is 4.18. The highest BCUT2D eigenvalue weighted by Crippen LogP contribution is 2.33. The number of rotatable bonds is 3. The second-order valence-corrected chi connectivity index (χ2v) is 6.84. The molecule has 4 aromatic rings. The van der Waals surface area contributed by atoms with Crippen molar-refractivity contribution in [2.45, 2.75) is 17.1 Å². The maximum absolute atomic E-state index is 12.9. The summed E-state index contributed by atoms with van der Waals surface area (Å²) in [4.78, 5) is 11.9. The van der Waals surface area contributed by atoms with Gasteiger partial charge in [-0.2, -0.15) is 13.2 Å². The Labute approximate surface area is 154 Å². The predicted octanol–water partition coefficient (Wildman–Crippen LogP) is 4.39. The van der Waals surface area contributed by atoms with Crippen LogP contribution in [0.5, 0.6) is 0 Å². The van der Waals surface area contributed by atoms with Crippen LogP contribution in [0.25, 0.3) is 21.7 Å². The lowest BCUT2D eigenvalue weighted by molar-refractivity contribution is -0.147. The number of thioether (sulfide) groups is 1. The minimum absolute atomic E-state index is 0.115. The lowest BCUT2D eigenvalue weighted by Gasteiger charge is -2.09. The van der Waals surface area contributed by atoms with Crippen molar-refractivity contribution >= 4 is 33.5 Å². The Hall–Kier alpha value is -2.81. The molecule has 2 aromatic heterocycles. The van der Waals surface area contributed by atoms with Crippen molar-refractivity contribution in [2.75, 3.05) is 0 Å². The molecule has 0 saturated heterocycles. The summed E-state index contributed by atoms with van der Waals surface area (Å²) in [6, 6.07) is 12.6. The fourth-order valence-electron chi connectivity index (χ4n) is 2.96. The molecule has 0 radical (unpaired) electrons. The average Bonchev–Trinajstić information content (AvgIpc) is 3.00. The van der Waals surface area contributed by atoms with E-state index in [0.29, 0.717) is 11.1 Å². The van der Waals surface area contributed by atoms with Gasteiger partial charge >= 0.3 is 11.8 Å². The number of nitrogens with zero attached hydrogens (tertiary/aromatic N) is 3. The predicted molar refractivity (Wildman–Crippen MR) is 95.6 cm³/mol. The summed E-state index contributed by atoms with van der Waals surface area (Å²) in [5.41, 5.74) is 0.590. The van der Waals surface area contributed by atoms with Gasteiger partial charge < -0.3 is 8.98 Å². The molecule has 0 amide bonds. The van der Waals surface area contributed by atoms with Crippen LogP contribution in [-0.2, 0) is 19.0 Å². The van der Waals surface area contributed by atoms with E-state index in [2.05, 4.69) is 10.2 Å². The van der Waals surface area contributed by atoms with Crippen LogP contribution in [0.3, 0.4) is 0 Å². The molecule has 0 aliphatic rings. The molecule has 0 fully saturated rings. The summed E-state index contributed by atoms with van der Waals surface area (Å²) in [5.74, 6) is -0.812. The van der Waals surface area contributed by atoms with Gasteiger partial charge in [-0.3, -0.25) is 0 Å². The molecule has 0 saturated carbocycles. The smallest absolute Gasteiger partial charge is 0.423 e. The molecule has 0 spiro atoms. The molecule has 0 atom stereocenters. The zero-order chi connectivity index (χ0) is 19.2. The van der Waals surface area contributed by atoms with Crippen molar-refractivity contribution in [3.8, 4) is 0 Å². The van der Waals surface area contributed by atoms with Crippen molar-refractivity contribution in [1.82, 2.24) is 14.8 Å². The first-order valence-corrected chi connectivity index (χ1v) is 8.87. The van der Waals surface area contributed by atoms with E-state index in [0.717, 1.165) is 32.5 Å². The maximum atomic E-state index is 12.9. The number of hydrogen-bond acceptors (Lipinski definition) is 5. The molecule has 0 aliphatic heterocycles. The van der Waals surface area contributed by atoms with Crippen LogP contribution in [0.2, 0.25) is 0 Å². The van der Waals surface area contributed by atoms with Crippen molar-refractivity contribution in [3.63, 3.8) is 0 Å². The standard InChI is InChI=1S/C18H12F3N3O2S/c1-24-16(18(19,20)21)22-23-17(24)27-9-11-8-14(25)26-13-7-6-10-4-2-3-5-12(10)15(11)13/h2-8H,9H2,1H3. The third kappa shape index (κ3) is 3.18. The monoisotopic (exact) mass is 391 g/mol. The van der Waals surface area contributed by atoms with Crippen LogP contribution >= 0.6 is 11.8 Å². The van der Waals surface area contributed by atoms with Crippen LogP contribution < -0.4 is 5.63 Å². The molecule has 0 aliphatic carbocycles. The van der Waals surface area contributed by atoms with Crippen LogP contribution in [0.15, 0.2) is 56.8 Å². The number of hydrogen-bond donors (Lipinski definition) is 0. The van der Waals surface area contributed by atoms with E-state index in [1.165, 1.54) is 13.1 Å². The first-order chi connectivity index (χ1) is 12.8. The zero-order valence-corrected chi connectivity index (χ0v) is 14.8. The third-order valence-corrected chi connectivity index (χ3v) is 5.23. The maximum Gasteiger partial charge on any atom is 0.451 e. The molecule has 4 rings (SSSR count). The quantitative estimate of drug-likeness (QED) is 0.295. The summed E-state index contributed by atoms with van der Waals surface area (Å²) < 4.78 is 44.8. The van der Waals surface area contributed by atoms with Crippen molar-refractivity contribution in [2.24, 2.45) is 7.05 Å². The topological polar surface area (TPSA) is 60.9 Å². The molecule has 0 N–H and O–H groups in total. The number of aromatic nitrogens is 3. The lowest BCUT2D eigenvalue weighted by atomic mass is 10.0. The minimum Gasteiger partial charge on any atom is -0.423 e. The van der Waals surface area contributed by atoms with Gasteiger partial charge in [-0.25, -0.2) is 4.79 Å². The van der Waals surface area contributed by atoms with Gasteiger partial charge in [0.25, 0.3) is 0 Å². The van der Waals surface area contributed by atoms with Crippen LogP contribution in [0, 0.1) is 0 Å². The highest BCUT2D eigenvalue weighted by Gasteiger charge is 2.37. The Morgan fingerprint density at radius 2 is 1.93 bits per heavy atom. The Bertz CT molecular complexity index is 1210. The second-order valence-electron chi connectivity index (χ2n) is 5.90. The largest absolute Gasteiger partial charge is 0.451 e. The molecule has 27 heavy (non-hydrogen) atoms. The second kappa shape index (κ2) is 6.41. The first kappa shape index (κ1) is 17.6. The summed E-state index contributed by atoms with van der Waals surface area (Å²) in [6.45, 7) is 0. The van der Waals surface area contributed by atoms with Gasteiger partial charge in [-0.05, 0) is 22.4 Å². The van der Waals surface area contributed by atoms with E-state index in [1.54, 1.807) is 6.07 Å². The number of alkyl halides is 3. The van der Waals surface area contributed by atoms with Gasteiger partial charge in [0, 0.05) is 24.3 Å². The fourth-order valence-corrected chi connectivity index (χ4v) is 3.85. The third-order valence-electron chi connectivity index (χ3n) is 4.16. The van der Waals surface area contributed by atoms with Crippen LogP contribution in [0.4, 0.5) is 13.2 Å². The fraction of sp³-hybridized carbons (Fsp3) is 0.167. The van der Waals surface area contributed by atoms with E-state index in [4.69, 9.17) is 4.42 Å². The highest BCUT2D eigenvalue weighted by atomic mass is 32.2. The molecule has 2 heterocycles. The minimum atomic E-state index is -4.57.